The Labute approximate surface area is 394 Å². The number of para-hydroxylation sites is 1. The number of phosphoric ester groups is 1. The molecule has 0 bridgehead atoms. The summed E-state index contributed by atoms with van der Waals surface area (Å²) in [6, 6.07) is 16.4. The van der Waals surface area contributed by atoms with Crippen LogP contribution in [0.5, 0.6) is 5.75 Å². The zero-order valence-electron chi connectivity index (χ0n) is 38.8. The first-order valence-corrected chi connectivity index (χ1v) is 26.1. The smallest absolute Gasteiger partial charge is 0.402 e. The fourth-order valence-corrected chi connectivity index (χ4v) is 11.1. The number of hydrogen-bond donors (Lipinski definition) is 1. The number of ether oxygens (including phenoxy) is 4. The van der Waals surface area contributed by atoms with Gasteiger partial charge in [0.1, 0.15) is 47.8 Å². The lowest BCUT2D eigenvalue weighted by Crippen LogP contribution is -2.33. The molecular weight excluding hydrogens is 884 g/mol. The van der Waals surface area contributed by atoms with Crippen LogP contribution in [-0.2, 0) is 39.2 Å². The van der Waals surface area contributed by atoms with Gasteiger partial charge in [-0.1, -0.05) is 146 Å². The van der Waals surface area contributed by atoms with Gasteiger partial charge < -0.3 is 29.2 Å². The van der Waals surface area contributed by atoms with E-state index >= 15 is 0 Å². The number of nitrogens with two attached hydrogens (primary N) is 1. The van der Waals surface area contributed by atoms with Gasteiger partial charge in [0.05, 0.1) is 41.7 Å². The van der Waals surface area contributed by atoms with E-state index in [9.17, 15) is 14.2 Å². The van der Waals surface area contributed by atoms with Crippen molar-refractivity contribution in [1.82, 2.24) is 14.6 Å². The molecule has 0 radical (unpaired) electrons. The lowest BCUT2D eigenvalue weighted by Gasteiger charge is -2.26. The van der Waals surface area contributed by atoms with Crippen molar-refractivity contribution < 1.29 is 41.5 Å². The van der Waals surface area contributed by atoms with Crippen molar-refractivity contribution in [2.45, 2.75) is 191 Å². The van der Waals surface area contributed by atoms with Gasteiger partial charge in [-0.2, -0.15) is 10.4 Å². The zero-order valence-corrected chi connectivity index (χ0v) is 40.5. The molecule has 7 atom stereocenters. The summed E-state index contributed by atoms with van der Waals surface area (Å²) in [5, 5.41) is 14.1. The van der Waals surface area contributed by atoms with Gasteiger partial charge in [0.15, 0.2) is 17.2 Å². The highest BCUT2D eigenvalue weighted by molar-refractivity contribution is 7.49. The molecule has 2 aliphatic heterocycles. The molecule has 2 saturated heterocycles. The van der Waals surface area contributed by atoms with Crippen LogP contribution >= 0.6 is 19.4 Å². The number of hydrogen-bond acceptors (Lipinski definition) is 12. The summed E-state index contributed by atoms with van der Waals surface area (Å²) in [7, 11) is -4.51. The number of halogens is 2. The molecular formula is C50H68ClFN5O8P. The molecule has 2 aromatic heterocycles. The predicted octanol–water partition coefficient (Wildman–Crippen LogP) is 12.9. The molecule has 3 unspecified atom stereocenters. The monoisotopic (exact) mass is 951 g/mol. The maximum Gasteiger partial charge on any atom is 0.530 e. The van der Waals surface area contributed by atoms with Crippen molar-refractivity contribution >= 4 is 30.8 Å². The molecule has 7 rings (SSSR count). The summed E-state index contributed by atoms with van der Waals surface area (Å²) in [6.07, 6.45) is 21.2. The van der Waals surface area contributed by atoms with Gasteiger partial charge >= 0.3 is 7.82 Å². The van der Waals surface area contributed by atoms with Crippen LogP contribution in [0.25, 0.3) is 5.52 Å². The molecule has 4 aromatic rings. The molecule has 1 saturated carbocycles. The maximum absolute atomic E-state index is 15.0. The predicted molar refractivity (Wildman–Crippen MR) is 251 cm³/mol. The van der Waals surface area contributed by atoms with Crippen molar-refractivity contribution in [2.24, 2.45) is 0 Å². The minimum atomic E-state index is -4.51. The third-order valence-corrected chi connectivity index (χ3v) is 14.5. The number of fused-ring (bicyclic) bond motifs is 1. The molecule has 360 valence electrons. The molecule has 1 spiro atoms. The number of benzene rings is 2. The number of nitrogen functional groups attached to an aromatic ring is 1. The molecule has 2 N–H and O–H groups in total. The van der Waals surface area contributed by atoms with Crippen LogP contribution in [0.4, 0.5) is 10.2 Å². The van der Waals surface area contributed by atoms with Crippen LogP contribution in [0.2, 0.25) is 5.02 Å². The van der Waals surface area contributed by atoms with Gasteiger partial charge in [0.25, 0.3) is 0 Å². The molecule has 2 aromatic carbocycles. The third-order valence-electron chi connectivity index (χ3n) is 12.9. The van der Waals surface area contributed by atoms with Crippen LogP contribution in [0.1, 0.15) is 166 Å². The molecule has 3 aliphatic rings. The number of rotatable bonds is 30. The van der Waals surface area contributed by atoms with E-state index in [2.05, 4.69) is 17.0 Å². The summed E-state index contributed by atoms with van der Waals surface area (Å²) in [5.74, 6) is -1.14. The fraction of sp³-hybridized carbons (Fsp3) is 0.620. The highest BCUT2D eigenvalue weighted by Crippen LogP contribution is 2.69. The summed E-state index contributed by atoms with van der Waals surface area (Å²) >= 11 is 6.52. The largest absolute Gasteiger partial charge is 0.530 e. The van der Waals surface area contributed by atoms with Crippen LogP contribution in [0.3, 0.4) is 0 Å². The van der Waals surface area contributed by atoms with E-state index in [1.54, 1.807) is 48.7 Å². The average Bonchev–Trinajstić information content (AvgIpc) is 3.60. The second-order valence-corrected chi connectivity index (χ2v) is 20.5. The van der Waals surface area contributed by atoms with Crippen molar-refractivity contribution in [1.29, 1.82) is 5.26 Å². The minimum Gasteiger partial charge on any atom is -0.402 e. The molecule has 66 heavy (non-hydrogen) atoms. The number of nitriles is 1. The van der Waals surface area contributed by atoms with E-state index in [0.717, 1.165) is 25.7 Å². The standard InChI is InChI=1S/C50H68ClFN5O8P/c1-4-5-6-7-8-9-10-11-12-13-14-15-16-17-18-19-20-21-24-39(59-33-37-29-36(32-53)30-38(52)31-37)34-60-66(58,63-43-26-23-22-25-40(43)51)64-47-46-50(47)45(62-49(2,3)65-50)44(61-46)41-27-28-42-48(54)55-35-56-57(41)42/h22-23,25-31,35,39,44-47H,4-21,24,33-34H2,1-3H3,(H2,54,55,56)/t39?,44-,45-,46+,47?,50-,66?/m0/s1. The van der Waals surface area contributed by atoms with Crippen molar-refractivity contribution in [3.8, 4) is 11.8 Å². The van der Waals surface area contributed by atoms with Gasteiger partial charge in [-0.15, -0.1) is 0 Å². The van der Waals surface area contributed by atoms with Crippen LogP contribution in [-0.4, -0.2) is 57.0 Å². The SMILES string of the molecule is CCCCCCCCCCCCCCCCCCCCC(COP(=O)(Oc1ccccc1Cl)OC1[C@H]2O[C@@H](c3ccc4c(N)ncnn34)[C@@H]3OC(C)(C)O[C@]123)OCc1cc(F)cc(C#N)c1. The van der Waals surface area contributed by atoms with Crippen molar-refractivity contribution in [3.63, 3.8) is 0 Å². The Morgan fingerprint density at radius 1 is 0.909 bits per heavy atom. The zero-order chi connectivity index (χ0) is 46.6. The Morgan fingerprint density at radius 2 is 1.56 bits per heavy atom. The normalized spacial score (nSPS) is 23.0. The lowest BCUT2D eigenvalue weighted by molar-refractivity contribution is -0.176. The van der Waals surface area contributed by atoms with Gasteiger partial charge in [-0.05, 0) is 68.3 Å². The summed E-state index contributed by atoms with van der Waals surface area (Å²) in [6.45, 7) is 5.70. The third kappa shape index (κ3) is 12.9. The van der Waals surface area contributed by atoms with Gasteiger partial charge in [0.2, 0.25) is 0 Å². The van der Waals surface area contributed by atoms with E-state index in [1.807, 2.05) is 18.2 Å². The molecule has 16 heteroatoms. The van der Waals surface area contributed by atoms with E-state index in [4.69, 9.17) is 49.9 Å². The Morgan fingerprint density at radius 3 is 2.21 bits per heavy atom. The second kappa shape index (κ2) is 23.6. The van der Waals surface area contributed by atoms with Gasteiger partial charge in [0, 0.05) is 0 Å². The topological polar surface area (TPSA) is 162 Å². The first kappa shape index (κ1) is 50.2. The number of anilines is 1. The number of aromatic nitrogens is 3. The first-order chi connectivity index (χ1) is 31.9. The van der Waals surface area contributed by atoms with E-state index in [1.165, 1.54) is 108 Å². The first-order valence-electron chi connectivity index (χ1n) is 24.2. The van der Waals surface area contributed by atoms with Gasteiger partial charge in [-0.3, -0.25) is 9.05 Å². The summed E-state index contributed by atoms with van der Waals surface area (Å²) in [5.41, 5.74) is 6.97. The Bertz CT molecular complexity index is 2280. The van der Waals surface area contributed by atoms with Crippen LogP contribution < -0.4 is 10.3 Å². The molecule has 3 fully saturated rings. The molecule has 0 amide bonds. The summed E-state index contributed by atoms with van der Waals surface area (Å²) < 4.78 is 75.6. The quantitative estimate of drug-likeness (QED) is 0.0389. The Balaban J connectivity index is 0.950. The molecule has 13 nitrogen and oxygen atoms in total. The highest BCUT2D eigenvalue weighted by atomic mass is 35.5. The van der Waals surface area contributed by atoms with Crippen LogP contribution in [0, 0.1) is 17.1 Å². The Hall–Kier alpha value is -3.64. The highest BCUT2D eigenvalue weighted by Gasteiger charge is 2.85. The molecule has 1 aliphatic carbocycles. The number of unbranched alkanes of at least 4 members (excludes halogenated alkanes) is 17. The van der Waals surface area contributed by atoms with Gasteiger partial charge in [-0.25, -0.2) is 18.5 Å². The number of nitrogens with zero attached hydrogens (tertiary/aromatic N) is 4. The van der Waals surface area contributed by atoms with E-state index in [-0.39, 0.29) is 29.5 Å². The van der Waals surface area contributed by atoms with E-state index in [0.29, 0.717) is 29.0 Å². The molecule has 4 heterocycles. The van der Waals surface area contributed by atoms with E-state index < -0.39 is 55.5 Å². The lowest BCUT2D eigenvalue weighted by atomic mass is 10.0. The van der Waals surface area contributed by atoms with Crippen LogP contribution in [0.15, 0.2) is 60.9 Å². The fourth-order valence-electron chi connectivity index (χ4n) is 9.46. The average molecular weight is 953 g/mol. The summed E-state index contributed by atoms with van der Waals surface area (Å²) in [4.78, 5) is 4.10. The van der Waals surface area contributed by atoms with Crippen molar-refractivity contribution in [2.75, 3.05) is 12.3 Å². The maximum atomic E-state index is 15.0. The second-order valence-electron chi connectivity index (χ2n) is 18.6. The Kier molecular flexibility index (Phi) is 18.0. The number of phosphoric acid groups is 1. The van der Waals surface area contributed by atoms with Crippen molar-refractivity contribution in [3.05, 3.63) is 88.6 Å². The minimum absolute atomic E-state index is 0.00596.